The lowest BCUT2D eigenvalue weighted by molar-refractivity contribution is 0.652. The Balaban J connectivity index is 1.14. The van der Waals surface area contributed by atoms with Gasteiger partial charge in [-0.25, -0.2) is 0 Å². The maximum Gasteiger partial charge on any atom is 0.200 e. The van der Waals surface area contributed by atoms with Crippen LogP contribution in [0.5, 0.6) is 0 Å². The molecule has 0 unspecified atom stereocenters. The van der Waals surface area contributed by atoms with Crippen LogP contribution in [0.15, 0.2) is 133 Å². The lowest BCUT2D eigenvalue weighted by Crippen LogP contribution is -2.17. The number of fused-ring (bicyclic) bond motifs is 6. The van der Waals surface area contributed by atoms with Crippen LogP contribution in [0, 0.1) is 0 Å². The highest BCUT2D eigenvalue weighted by molar-refractivity contribution is 5.95. The Labute approximate surface area is 258 Å². The predicted octanol–water partition coefficient (Wildman–Crippen LogP) is 9.79. The summed E-state index contributed by atoms with van der Waals surface area (Å²) < 4.78 is 12.1. The van der Waals surface area contributed by atoms with Crippen LogP contribution in [0.3, 0.4) is 0 Å². The van der Waals surface area contributed by atoms with Crippen molar-refractivity contribution in [3.63, 3.8) is 0 Å². The molecule has 7 aromatic rings. The zero-order valence-corrected chi connectivity index (χ0v) is 24.9. The Kier molecular flexibility index (Phi) is 5.34. The fourth-order valence-corrected chi connectivity index (χ4v) is 7.44. The van der Waals surface area contributed by atoms with Crippen LogP contribution >= 0.6 is 0 Å². The van der Waals surface area contributed by atoms with Crippen molar-refractivity contribution in [1.29, 1.82) is 0 Å². The van der Waals surface area contributed by atoms with Crippen molar-refractivity contribution in [2.24, 2.45) is 0 Å². The van der Waals surface area contributed by atoms with Crippen LogP contribution < -0.4 is 10.9 Å². The van der Waals surface area contributed by atoms with E-state index in [9.17, 15) is 9.59 Å². The summed E-state index contributed by atoms with van der Waals surface area (Å²) in [5, 5.41) is 2.41. The fourth-order valence-electron chi connectivity index (χ4n) is 7.44. The van der Waals surface area contributed by atoms with E-state index in [1.54, 1.807) is 0 Å². The molecule has 4 heteroatoms. The van der Waals surface area contributed by atoms with Crippen molar-refractivity contribution in [3.8, 4) is 11.1 Å². The van der Waals surface area contributed by atoms with E-state index in [-0.39, 0.29) is 16.3 Å². The highest BCUT2D eigenvalue weighted by Crippen LogP contribution is 2.52. The van der Waals surface area contributed by atoms with Crippen LogP contribution in [-0.4, -0.2) is 0 Å². The van der Waals surface area contributed by atoms with Gasteiger partial charge in [0, 0.05) is 5.41 Å². The summed E-state index contributed by atoms with van der Waals surface area (Å²) in [6.07, 6.45) is 4.14. The Morgan fingerprint density at radius 2 is 1.09 bits per heavy atom. The van der Waals surface area contributed by atoms with E-state index in [2.05, 4.69) is 44.2 Å². The third-order valence-electron chi connectivity index (χ3n) is 9.84. The van der Waals surface area contributed by atoms with Gasteiger partial charge in [0.25, 0.3) is 0 Å². The van der Waals surface area contributed by atoms with Gasteiger partial charge in [-0.1, -0.05) is 68.5 Å². The summed E-state index contributed by atoms with van der Waals surface area (Å²) in [6, 6.07) is 33.4. The minimum Gasteiger partial charge on any atom is -0.456 e. The molecule has 0 fully saturated rings. The molecule has 45 heavy (non-hydrogen) atoms. The monoisotopic (exact) mass is 584 g/mol. The molecule has 9 rings (SSSR count). The molecule has 0 saturated carbocycles. The molecule has 0 atom stereocenters. The van der Waals surface area contributed by atoms with Crippen LogP contribution in [0.25, 0.3) is 66.2 Å². The molecule has 0 aliphatic heterocycles. The van der Waals surface area contributed by atoms with Crippen LogP contribution in [0.2, 0.25) is 0 Å². The molecule has 5 aromatic carbocycles. The summed E-state index contributed by atoms with van der Waals surface area (Å²) in [7, 11) is 0. The molecular weight excluding hydrogens is 556 g/mol. The summed E-state index contributed by atoms with van der Waals surface area (Å²) in [6.45, 7) is 4.58. The normalized spacial score (nSPS) is 15.6. The van der Waals surface area contributed by atoms with Gasteiger partial charge in [-0.2, -0.15) is 0 Å². The minimum atomic E-state index is -0.162. The number of benzene rings is 5. The van der Waals surface area contributed by atoms with E-state index in [1.165, 1.54) is 27.8 Å². The molecule has 2 aliphatic rings. The van der Waals surface area contributed by atoms with Crippen LogP contribution in [0.1, 0.15) is 43.4 Å². The van der Waals surface area contributed by atoms with E-state index in [4.69, 9.17) is 8.83 Å². The summed E-state index contributed by atoms with van der Waals surface area (Å²) in [5.74, 6) is 0. The Bertz CT molecular complexity index is 2610. The van der Waals surface area contributed by atoms with Gasteiger partial charge < -0.3 is 8.83 Å². The maximum atomic E-state index is 13.3. The number of rotatable bonds is 2. The smallest absolute Gasteiger partial charge is 0.200 e. The third-order valence-corrected chi connectivity index (χ3v) is 9.84. The quantitative estimate of drug-likeness (QED) is 0.190. The van der Waals surface area contributed by atoms with Gasteiger partial charge in [0.1, 0.15) is 22.3 Å². The van der Waals surface area contributed by atoms with Gasteiger partial charge >= 0.3 is 0 Å². The van der Waals surface area contributed by atoms with Gasteiger partial charge in [0.2, 0.25) is 10.9 Å². The number of hydrogen-bond acceptors (Lipinski definition) is 4. The van der Waals surface area contributed by atoms with Crippen molar-refractivity contribution >= 4 is 55.0 Å². The molecule has 0 spiro atoms. The Hall–Kier alpha value is -5.48. The lowest BCUT2D eigenvalue weighted by Gasteiger charge is -2.26. The van der Waals surface area contributed by atoms with Crippen molar-refractivity contribution in [2.45, 2.75) is 32.1 Å². The van der Waals surface area contributed by atoms with E-state index < -0.39 is 0 Å². The number of allylic oxidation sites excluding steroid dienone is 4. The number of para-hydroxylation sites is 2. The average molecular weight is 585 g/mol. The zero-order chi connectivity index (χ0) is 30.4. The van der Waals surface area contributed by atoms with Crippen LogP contribution in [0.4, 0.5) is 0 Å². The summed E-state index contributed by atoms with van der Waals surface area (Å²) >= 11 is 0. The second kappa shape index (κ2) is 9.26. The molecular formula is C41H28O4. The molecule has 2 heterocycles. The molecule has 216 valence electrons. The molecule has 0 amide bonds. The molecule has 2 aliphatic carbocycles. The van der Waals surface area contributed by atoms with Crippen molar-refractivity contribution in [2.75, 3.05) is 0 Å². The number of hydrogen-bond donors (Lipinski definition) is 0. The summed E-state index contributed by atoms with van der Waals surface area (Å²) in [5.41, 5.74) is 11.9. The van der Waals surface area contributed by atoms with Gasteiger partial charge in [-0.3, -0.25) is 9.59 Å². The van der Waals surface area contributed by atoms with E-state index >= 15 is 0 Å². The van der Waals surface area contributed by atoms with Gasteiger partial charge in [0.05, 0.1) is 21.5 Å². The predicted molar refractivity (Wildman–Crippen MR) is 183 cm³/mol. The topological polar surface area (TPSA) is 60.4 Å². The lowest BCUT2D eigenvalue weighted by atomic mass is 9.78. The first kappa shape index (κ1) is 26.0. The minimum absolute atomic E-state index is 0.00536. The molecule has 0 saturated heterocycles. The molecule has 4 nitrogen and oxygen atoms in total. The Morgan fingerprint density at radius 3 is 1.76 bits per heavy atom. The molecule has 2 aromatic heterocycles. The maximum absolute atomic E-state index is 13.3. The van der Waals surface area contributed by atoms with Gasteiger partial charge in [-0.05, 0) is 112 Å². The Morgan fingerprint density at radius 1 is 0.556 bits per heavy atom. The highest BCUT2D eigenvalue weighted by Gasteiger charge is 2.38. The van der Waals surface area contributed by atoms with Crippen LogP contribution in [-0.2, 0) is 5.41 Å². The second-order valence-corrected chi connectivity index (χ2v) is 12.7. The highest BCUT2D eigenvalue weighted by atomic mass is 16.3. The van der Waals surface area contributed by atoms with Crippen molar-refractivity contribution in [3.05, 3.63) is 152 Å². The zero-order valence-electron chi connectivity index (χ0n) is 24.9. The SMILES string of the molecule is CC1(C)C2=C(CCC(c3ccc4oc5ccccc5c(=O)c4c3)=C2)c2cc(-c3ccc4oc5ccccc5c(=O)c4c3)ccc21. The van der Waals surface area contributed by atoms with Crippen molar-refractivity contribution in [1.82, 2.24) is 0 Å². The summed E-state index contributed by atoms with van der Waals surface area (Å²) in [4.78, 5) is 26.7. The first-order valence-electron chi connectivity index (χ1n) is 15.4. The fraction of sp³-hybridized carbons (Fsp3) is 0.122. The third kappa shape index (κ3) is 3.78. The molecule has 0 radical (unpaired) electrons. The molecule has 0 bridgehead atoms. The largest absolute Gasteiger partial charge is 0.456 e. The average Bonchev–Trinajstić information content (AvgIpc) is 3.30. The van der Waals surface area contributed by atoms with E-state index in [1.807, 2.05) is 78.9 Å². The standard InChI is InChI=1S/C41H28O4/c1-41(2)33-16-12-23(24-13-17-37-31(20-24)39(42)28-7-3-5-9-35(28)44-37)19-30(33)27-15-11-26(22-34(27)41)25-14-18-38-32(21-25)40(43)29-8-4-6-10-36(29)45-38/h3-10,12-14,16-22H,11,15H2,1-2H3. The second-order valence-electron chi connectivity index (χ2n) is 12.7. The van der Waals surface area contributed by atoms with E-state index in [0.717, 1.165) is 29.5 Å². The molecule has 0 N–H and O–H groups in total. The van der Waals surface area contributed by atoms with E-state index in [0.29, 0.717) is 43.9 Å². The first-order valence-corrected chi connectivity index (χ1v) is 15.4. The van der Waals surface area contributed by atoms with Gasteiger partial charge in [-0.15, -0.1) is 0 Å². The van der Waals surface area contributed by atoms with Gasteiger partial charge in [0.15, 0.2) is 0 Å². The first-order chi connectivity index (χ1) is 21.9. The van der Waals surface area contributed by atoms with Crippen molar-refractivity contribution < 1.29 is 8.83 Å².